The monoisotopic (exact) mass is 197 g/mol. The van der Waals surface area contributed by atoms with Crippen molar-refractivity contribution in [2.75, 3.05) is 0 Å². The van der Waals surface area contributed by atoms with E-state index in [1.54, 1.807) is 0 Å². The van der Waals surface area contributed by atoms with Gasteiger partial charge in [-0.3, -0.25) is 0 Å². The molecule has 0 aromatic rings. The van der Waals surface area contributed by atoms with Crippen LogP contribution in [-0.4, -0.2) is 11.7 Å². The zero-order valence-corrected chi connectivity index (χ0v) is 8.75. The number of urea groups is 1. The van der Waals surface area contributed by atoms with Crippen LogP contribution in [0.2, 0.25) is 0 Å². The summed E-state index contributed by atoms with van der Waals surface area (Å²) < 4.78 is 0. The van der Waals surface area contributed by atoms with Crippen molar-refractivity contribution in [3.8, 4) is 0 Å². The largest absolute Gasteiger partial charge is 0.350 e. The molecule has 1 fully saturated rings. The molecule has 1 aliphatic carbocycles. The van der Waals surface area contributed by atoms with Gasteiger partial charge in [0.25, 0.3) is 0 Å². The van der Waals surface area contributed by atoms with Gasteiger partial charge in [0.2, 0.25) is 0 Å². The van der Waals surface area contributed by atoms with Crippen LogP contribution < -0.4 is 11.2 Å². The summed E-state index contributed by atoms with van der Waals surface area (Å²) in [6.45, 7) is 2.19. The maximum absolute atomic E-state index is 10.5. The molecule has 1 saturated carbocycles. The molecule has 0 heterocycles. The zero-order valence-electron chi connectivity index (χ0n) is 8.75. The highest BCUT2D eigenvalue weighted by molar-refractivity contribution is 5.89. The molecule has 0 spiro atoms. The molecule has 0 aromatic carbocycles. The summed E-state index contributed by atoms with van der Waals surface area (Å²) in [6.07, 6.45) is 7.05. The summed E-state index contributed by atoms with van der Waals surface area (Å²) in [7, 11) is 0. The molecule has 1 unspecified atom stereocenters. The van der Waals surface area contributed by atoms with Crippen LogP contribution in [0.25, 0.3) is 0 Å². The van der Waals surface area contributed by atoms with Crippen molar-refractivity contribution in [3.05, 3.63) is 0 Å². The summed E-state index contributed by atoms with van der Waals surface area (Å²) in [5.74, 6) is 0.571. The summed E-state index contributed by atoms with van der Waals surface area (Å²) in [6, 6.07) is -0.571. The smallest absolute Gasteiger partial charge is 0.332 e. The minimum absolute atomic E-state index is 0.571. The Kier molecular flexibility index (Phi) is 4.43. The lowest BCUT2D eigenvalue weighted by atomic mass is 9.99. The fourth-order valence-electron chi connectivity index (χ4n) is 1.94. The normalized spacial score (nSPS) is 24.1. The Morgan fingerprint density at radius 3 is 3.14 bits per heavy atom. The molecule has 0 saturated heterocycles. The number of carbonyl (C=O) groups is 1. The lowest BCUT2D eigenvalue weighted by Gasteiger charge is -2.09. The van der Waals surface area contributed by atoms with Crippen molar-refractivity contribution < 1.29 is 4.79 Å². The number of primary amides is 1. The molecule has 14 heavy (non-hydrogen) atoms. The number of hydrogen-bond donors (Lipinski definition) is 2. The average molecular weight is 197 g/mol. The average Bonchev–Trinajstić information content (AvgIpc) is 2.58. The van der Waals surface area contributed by atoms with Crippen LogP contribution in [-0.2, 0) is 0 Å². The van der Waals surface area contributed by atoms with Crippen molar-refractivity contribution in [2.24, 2.45) is 16.8 Å². The molecule has 1 rings (SSSR count). The van der Waals surface area contributed by atoms with Crippen LogP contribution in [0.1, 0.15) is 45.4 Å². The van der Waals surface area contributed by atoms with E-state index in [0.29, 0.717) is 5.92 Å². The van der Waals surface area contributed by atoms with Crippen LogP contribution in [0, 0.1) is 5.92 Å². The van der Waals surface area contributed by atoms with Crippen molar-refractivity contribution >= 4 is 11.7 Å². The Labute approximate surface area is 84.9 Å². The van der Waals surface area contributed by atoms with Gasteiger partial charge in [0.1, 0.15) is 0 Å². The molecule has 4 heteroatoms. The maximum Gasteiger partial charge on any atom is 0.332 e. The van der Waals surface area contributed by atoms with Gasteiger partial charge in [-0.25, -0.2) is 10.2 Å². The molecular weight excluding hydrogens is 178 g/mol. The molecule has 1 aliphatic rings. The predicted octanol–water partition coefficient (Wildman–Crippen LogP) is 2.00. The lowest BCUT2D eigenvalue weighted by Crippen LogP contribution is -2.26. The van der Waals surface area contributed by atoms with Crippen LogP contribution in [0.5, 0.6) is 0 Å². The van der Waals surface area contributed by atoms with Crippen LogP contribution in [0.3, 0.4) is 0 Å². The van der Waals surface area contributed by atoms with Gasteiger partial charge in [0, 0.05) is 5.71 Å². The van der Waals surface area contributed by atoms with Crippen molar-refractivity contribution in [2.45, 2.75) is 45.4 Å². The number of nitrogens with two attached hydrogens (primary N) is 1. The van der Waals surface area contributed by atoms with E-state index in [9.17, 15) is 4.79 Å². The molecule has 3 N–H and O–H groups in total. The summed E-state index contributed by atoms with van der Waals surface area (Å²) in [5.41, 5.74) is 8.40. The van der Waals surface area contributed by atoms with Crippen molar-refractivity contribution in [1.82, 2.24) is 5.43 Å². The topological polar surface area (TPSA) is 67.5 Å². The second kappa shape index (κ2) is 5.62. The van der Waals surface area contributed by atoms with Crippen LogP contribution in [0.4, 0.5) is 4.79 Å². The van der Waals surface area contributed by atoms with Crippen molar-refractivity contribution in [3.63, 3.8) is 0 Å². The molecule has 0 aliphatic heterocycles. The third kappa shape index (κ3) is 3.36. The van der Waals surface area contributed by atoms with E-state index >= 15 is 0 Å². The first kappa shape index (κ1) is 11.0. The van der Waals surface area contributed by atoms with Gasteiger partial charge >= 0.3 is 6.03 Å². The van der Waals surface area contributed by atoms with Crippen LogP contribution >= 0.6 is 0 Å². The van der Waals surface area contributed by atoms with E-state index in [2.05, 4.69) is 17.5 Å². The van der Waals surface area contributed by atoms with Gasteiger partial charge in [-0.2, -0.15) is 5.10 Å². The minimum atomic E-state index is -0.571. The van der Waals surface area contributed by atoms with E-state index in [-0.39, 0.29) is 0 Å². The van der Waals surface area contributed by atoms with E-state index in [1.165, 1.54) is 32.1 Å². The molecule has 0 radical (unpaired) electrons. The zero-order chi connectivity index (χ0) is 10.4. The first-order valence-electron chi connectivity index (χ1n) is 5.36. The quantitative estimate of drug-likeness (QED) is 0.665. The summed E-state index contributed by atoms with van der Waals surface area (Å²) >= 11 is 0. The fourth-order valence-corrected chi connectivity index (χ4v) is 1.94. The Morgan fingerprint density at radius 2 is 2.50 bits per heavy atom. The van der Waals surface area contributed by atoms with Gasteiger partial charge < -0.3 is 5.73 Å². The standard InChI is InChI=1S/C10H19N3O/c1-2-3-5-8-6-4-7-9(8)12-13-10(11)14/h8H,2-7H2,1H3,(H3,11,13,14). The van der Waals surface area contributed by atoms with Gasteiger partial charge in [0.05, 0.1) is 0 Å². The highest BCUT2D eigenvalue weighted by atomic mass is 16.2. The number of nitrogens with one attached hydrogen (secondary N) is 1. The molecular formula is C10H19N3O. The molecule has 1 atom stereocenters. The summed E-state index contributed by atoms with van der Waals surface area (Å²) in [5, 5.41) is 4.05. The maximum atomic E-state index is 10.5. The second-order valence-electron chi connectivity index (χ2n) is 3.81. The first-order valence-corrected chi connectivity index (χ1v) is 5.36. The highest BCUT2D eigenvalue weighted by Crippen LogP contribution is 2.26. The number of hydrogen-bond acceptors (Lipinski definition) is 2. The van der Waals surface area contributed by atoms with Gasteiger partial charge in [-0.1, -0.05) is 19.8 Å². The molecule has 2 amide bonds. The molecule has 80 valence electrons. The number of hydrazone groups is 1. The SMILES string of the molecule is CCCCC1CCCC1=NNC(N)=O. The Hall–Kier alpha value is -1.06. The van der Waals surface area contributed by atoms with Gasteiger partial charge in [0.15, 0.2) is 0 Å². The second-order valence-corrected chi connectivity index (χ2v) is 3.81. The number of rotatable bonds is 4. The molecule has 0 bridgehead atoms. The number of nitrogens with zero attached hydrogens (tertiary/aromatic N) is 1. The van der Waals surface area contributed by atoms with E-state index in [0.717, 1.165) is 12.1 Å². The minimum Gasteiger partial charge on any atom is -0.350 e. The van der Waals surface area contributed by atoms with Crippen molar-refractivity contribution in [1.29, 1.82) is 0 Å². The fraction of sp³-hybridized carbons (Fsp3) is 0.800. The Morgan fingerprint density at radius 1 is 1.71 bits per heavy atom. The van der Waals surface area contributed by atoms with Gasteiger partial charge in [-0.05, 0) is 31.6 Å². The van der Waals surface area contributed by atoms with Gasteiger partial charge in [-0.15, -0.1) is 0 Å². The van der Waals surface area contributed by atoms with E-state index in [4.69, 9.17) is 5.73 Å². The third-order valence-corrected chi connectivity index (χ3v) is 2.67. The Bertz CT molecular complexity index is 225. The number of unbranched alkanes of at least 4 members (excludes halogenated alkanes) is 1. The van der Waals surface area contributed by atoms with Crippen LogP contribution in [0.15, 0.2) is 5.10 Å². The lowest BCUT2D eigenvalue weighted by molar-refractivity contribution is 0.249. The first-order chi connectivity index (χ1) is 6.74. The highest BCUT2D eigenvalue weighted by Gasteiger charge is 2.21. The van der Waals surface area contributed by atoms with E-state index in [1.807, 2.05) is 0 Å². The summed E-state index contributed by atoms with van der Waals surface area (Å²) in [4.78, 5) is 10.5. The molecule has 0 aromatic heterocycles. The molecule has 4 nitrogen and oxygen atoms in total. The van der Waals surface area contributed by atoms with E-state index < -0.39 is 6.03 Å². The number of carbonyl (C=O) groups excluding carboxylic acids is 1. The predicted molar refractivity (Wildman–Crippen MR) is 57.0 cm³/mol. The third-order valence-electron chi connectivity index (χ3n) is 2.67. The number of amides is 2. The Balaban J connectivity index is 2.41.